The highest BCUT2D eigenvalue weighted by Gasteiger charge is 2.43. The summed E-state index contributed by atoms with van der Waals surface area (Å²) in [5.41, 5.74) is 0. The molecule has 0 radical (unpaired) electrons. The number of alkyl halides is 3. The van der Waals surface area contributed by atoms with E-state index in [1.165, 1.54) is 0 Å². The van der Waals surface area contributed by atoms with Crippen LogP contribution in [0.3, 0.4) is 0 Å². The van der Waals surface area contributed by atoms with E-state index in [0.29, 0.717) is 38.9 Å². The van der Waals surface area contributed by atoms with Crippen LogP contribution in [0.4, 0.5) is 13.2 Å². The Morgan fingerprint density at radius 1 is 1.25 bits per heavy atom. The first-order chi connectivity index (χ1) is 9.30. The van der Waals surface area contributed by atoms with Crippen LogP contribution < -0.4 is 0 Å². The minimum atomic E-state index is -4.40. The number of hydrogen-bond acceptors (Lipinski definition) is 4. The maximum Gasteiger partial charge on any atom is 0.401 e. The molecule has 1 saturated carbocycles. The van der Waals surface area contributed by atoms with Crippen LogP contribution in [0.2, 0.25) is 0 Å². The van der Waals surface area contributed by atoms with E-state index in [9.17, 15) is 18.0 Å². The smallest absolute Gasteiger partial charge is 0.401 e. The Morgan fingerprint density at radius 2 is 1.80 bits per heavy atom. The molecule has 2 fully saturated rings. The van der Waals surface area contributed by atoms with Crippen LogP contribution in [0.1, 0.15) is 25.7 Å². The molecule has 8 heteroatoms. The van der Waals surface area contributed by atoms with Gasteiger partial charge in [0.2, 0.25) is 0 Å². The van der Waals surface area contributed by atoms with E-state index in [0.717, 1.165) is 4.90 Å². The molecule has 2 aliphatic rings. The van der Waals surface area contributed by atoms with Crippen LogP contribution in [0, 0.1) is 0 Å². The number of ether oxygens (including phenoxy) is 2. The topological polar surface area (TPSA) is 59.0 Å². The van der Waals surface area contributed by atoms with Gasteiger partial charge >= 0.3 is 12.1 Å². The number of halogens is 3. The molecule has 5 nitrogen and oxygen atoms in total. The van der Waals surface area contributed by atoms with Crippen molar-refractivity contribution in [2.45, 2.75) is 43.7 Å². The zero-order chi connectivity index (χ0) is 14.8. The summed E-state index contributed by atoms with van der Waals surface area (Å²) in [6.45, 7) is -0.782. The summed E-state index contributed by atoms with van der Waals surface area (Å²) < 4.78 is 48.6. The van der Waals surface area contributed by atoms with E-state index < -0.39 is 37.1 Å². The highest BCUT2D eigenvalue weighted by molar-refractivity contribution is 5.69. The van der Waals surface area contributed by atoms with Gasteiger partial charge in [0.15, 0.2) is 5.79 Å². The predicted molar refractivity (Wildman–Crippen MR) is 62.2 cm³/mol. The number of rotatable bonds is 4. The summed E-state index contributed by atoms with van der Waals surface area (Å²) in [5.74, 6) is -1.90. The van der Waals surface area contributed by atoms with E-state index in [-0.39, 0.29) is 0 Å². The zero-order valence-corrected chi connectivity index (χ0v) is 11.0. The van der Waals surface area contributed by atoms with Crippen molar-refractivity contribution in [2.24, 2.45) is 0 Å². The first-order valence-electron chi connectivity index (χ1n) is 6.60. The standard InChI is InChI=1S/C12H18F3NO4/c13-12(14,15)8-16(7-10(17)18)9-1-3-11(4-2-9)19-5-6-20-11/h9H,1-8H2,(H,17,18). The van der Waals surface area contributed by atoms with Gasteiger partial charge in [-0.25, -0.2) is 0 Å². The third-order valence-corrected chi connectivity index (χ3v) is 3.77. The van der Waals surface area contributed by atoms with E-state index in [1.54, 1.807) is 0 Å². The summed E-state index contributed by atoms with van der Waals surface area (Å²) in [6, 6.07) is -0.397. The Bertz CT molecular complexity index is 345. The fourth-order valence-corrected chi connectivity index (χ4v) is 2.91. The Labute approximate surface area is 114 Å². The second-order valence-electron chi connectivity index (χ2n) is 5.25. The lowest BCUT2D eigenvalue weighted by molar-refractivity contribution is -0.192. The van der Waals surface area contributed by atoms with Crippen LogP contribution in [0.5, 0.6) is 0 Å². The maximum absolute atomic E-state index is 12.5. The first kappa shape index (κ1) is 15.5. The third-order valence-electron chi connectivity index (χ3n) is 3.77. The molecule has 1 N–H and O–H groups in total. The van der Waals surface area contributed by atoms with Gasteiger partial charge < -0.3 is 14.6 Å². The van der Waals surface area contributed by atoms with Gasteiger partial charge in [-0.3, -0.25) is 9.69 Å². The fourth-order valence-electron chi connectivity index (χ4n) is 2.91. The monoisotopic (exact) mass is 297 g/mol. The highest BCUT2D eigenvalue weighted by atomic mass is 19.4. The van der Waals surface area contributed by atoms with E-state index in [4.69, 9.17) is 14.6 Å². The van der Waals surface area contributed by atoms with Crippen molar-refractivity contribution < 1.29 is 32.5 Å². The summed E-state index contributed by atoms with van der Waals surface area (Å²) >= 11 is 0. The van der Waals surface area contributed by atoms with Gasteiger partial charge in [0.05, 0.1) is 26.3 Å². The third kappa shape index (κ3) is 4.07. The summed E-state index contributed by atoms with van der Waals surface area (Å²) in [7, 11) is 0. The van der Waals surface area contributed by atoms with Crippen molar-refractivity contribution in [1.29, 1.82) is 0 Å². The molecule has 0 unspecified atom stereocenters. The second-order valence-corrected chi connectivity index (χ2v) is 5.25. The summed E-state index contributed by atoms with van der Waals surface area (Å²) in [5, 5.41) is 8.76. The Kier molecular flexibility index (Phi) is 4.55. The fraction of sp³-hybridized carbons (Fsp3) is 0.917. The van der Waals surface area contributed by atoms with E-state index >= 15 is 0 Å². The molecule has 0 aromatic carbocycles. The normalized spacial score (nSPS) is 23.6. The second kappa shape index (κ2) is 5.87. The molecule has 1 spiro atoms. The number of carbonyl (C=O) groups is 1. The molecule has 0 aromatic rings. The average Bonchev–Trinajstić information content (AvgIpc) is 2.75. The molecule has 20 heavy (non-hydrogen) atoms. The summed E-state index contributed by atoms with van der Waals surface area (Å²) in [4.78, 5) is 11.7. The quantitative estimate of drug-likeness (QED) is 0.854. The molecule has 1 saturated heterocycles. The van der Waals surface area contributed by atoms with Crippen molar-refractivity contribution >= 4 is 5.97 Å². The first-order valence-corrected chi connectivity index (χ1v) is 6.60. The van der Waals surface area contributed by atoms with Gasteiger partial charge in [0, 0.05) is 18.9 Å². The number of hydrogen-bond donors (Lipinski definition) is 1. The van der Waals surface area contributed by atoms with Crippen molar-refractivity contribution in [3.63, 3.8) is 0 Å². The van der Waals surface area contributed by atoms with Crippen LogP contribution >= 0.6 is 0 Å². The maximum atomic E-state index is 12.5. The van der Waals surface area contributed by atoms with Crippen LogP contribution in [-0.4, -0.2) is 60.3 Å². The largest absolute Gasteiger partial charge is 0.480 e. The van der Waals surface area contributed by atoms with E-state index in [1.807, 2.05) is 0 Å². The van der Waals surface area contributed by atoms with Crippen molar-refractivity contribution in [1.82, 2.24) is 4.90 Å². The molecular weight excluding hydrogens is 279 g/mol. The zero-order valence-electron chi connectivity index (χ0n) is 11.0. The lowest BCUT2D eigenvalue weighted by atomic mass is 9.89. The molecule has 0 atom stereocenters. The molecule has 0 aromatic heterocycles. The molecule has 116 valence electrons. The van der Waals surface area contributed by atoms with Gasteiger partial charge in [-0.05, 0) is 12.8 Å². The lowest BCUT2D eigenvalue weighted by Crippen LogP contribution is -2.48. The Balaban J connectivity index is 1.94. The van der Waals surface area contributed by atoms with Crippen molar-refractivity contribution in [2.75, 3.05) is 26.3 Å². The van der Waals surface area contributed by atoms with Gasteiger partial charge in [-0.1, -0.05) is 0 Å². The minimum Gasteiger partial charge on any atom is -0.480 e. The van der Waals surface area contributed by atoms with Gasteiger partial charge in [-0.15, -0.1) is 0 Å². The molecule has 0 bridgehead atoms. The minimum absolute atomic E-state index is 0.397. The van der Waals surface area contributed by atoms with Crippen LogP contribution in [-0.2, 0) is 14.3 Å². The average molecular weight is 297 g/mol. The Morgan fingerprint density at radius 3 is 2.25 bits per heavy atom. The van der Waals surface area contributed by atoms with Crippen molar-refractivity contribution in [3.05, 3.63) is 0 Å². The van der Waals surface area contributed by atoms with E-state index in [2.05, 4.69) is 0 Å². The Hall–Kier alpha value is -0.860. The number of nitrogens with zero attached hydrogens (tertiary/aromatic N) is 1. The van der Waals surface area contributed by atoms with Gasteiger partial charge in [-0.2, -0.15) is 13.2 Å². The lowest BCUT2D eigenvalue weighted by Gasteiger charge is -2.40. The number of carboxylic acid groups (broad SMARTS) is 1. The number of aliphatic carboxylic acids is 1. The molecule has 2 rings (SSSR count). The molecule has 1 aliphatic heterocycles. The van der Waals surface area contributed by atoms with Gasteiger partial charge in [0.1, 0.15) is 0 Å². The SMILES string of the molecule is O=C(O)CN(CC(F)(F)F)C1CCC2(CC1)OCCO2. The predicted octanol–water partition coefficient (Wildman–Crippen LogP) is 1.62. The molecule has 0 amide bonds. The van der Waals surface area contributed by atoms with Crippen LogP contribution in [0.15, 0.2) is 0 Å². The van der Waals surface area contributed by atoms with Crippen LogP contribution in [0.25, 0.3) is 0 Å². The molecular formula is C12H18F3NO4. The molecule has 1 heterocycles. The highest BCUT2D eigenvalue weighted by Crippen LogP contribution is 2.37. The number of carboxylic acids is 1. The molecule has 1 aliphatic carbocycles. The van der Waals surface area contributed by atoms with Gasteiger partial charge in [0.25, 0.3) is 0 Å². The van der Waals surface area contributed by atoms with Crippen molar-refractivity contribution in [3.8, 4) is 0 Å². The summed E-state index contributed by atoms with van der Waals surface area (Å²) in [6.07, 6.45) is -2.49.